The predicted octanol–water partition coefficient (Wildman–Crippen LogP) is 2.45. The lowest BCUT2D eigenvalue weighted by Gasteiger charge is -2.40. The number of benzene rings is 1. The standard InChI is InChI=1S/C23H29N3O5/c27-23(21-2-1-13-29-21)26(10-9-24-11-14-28-15-12-24)18-5-7-25(8-6-18)19-3-4-20-22(16-19)31-17-30-20/h1-4,13,16,18H,5-12,14-15,17H2. The highest BCUT2D eigenvalue weighted by Crippen LogP contribution is 2.36. The molecular formula is C23H29N3O5. The molecule has 3 aliphatic rings. The van der Waals surface area contributed by atoms with Crippen molar-refractivity contribution in [1.29, 1.82) is 0 Å². The van der Waals surface area contributed by atoms with Crippen LogP contribution in [0.25, 0.3) is 0 Å². The molecule has 8 nitrogen and oxygen atoms in total. The first-order chi connectivity index (χ1) is 15.3. The molecule has 0 bridgehead atoms. The van der Waals surface area contributed by atoms with Crippen LogP contribution in [0, 0.1) is 0 Å². The third-order valence-corrected chi connectivity index (χ3v) is 6.38. The number of anilines is 1. The third-order valence-electron chi connectivity index (χ3n) is 6.38. The van der Waals surface area contributed by atoms with Gasteiger partial charge < -0.3 is 28.4 Å². The minimum Gasteiger partial charge on any atom is -0.459 e. The lowest BCUT2D eigenvalue weighted by Crippen LogP contribution is -2.50. The topological polar surface area (TPSA) is 67.6 Å². The molecule has 0 atom stereocenters. The zero-order chi connectivity index (χ0) is 21.0. The van der Waals surface area contributed by atoms with E-state index in [2.05, 4.69) is 15.9 Å². The van der Waals surface area contributed by atoms with Gasteiger partial charge in [0.25, 0.3) is 5.91 Å². The molecule has 2 saturated heterocycles. The molecule has 5 rings (SSSR count). The molecule has 1 aromatic heterocycles. The van der Waals surface area contributed by atoms with Crippen LogP contribution in [0.3, 0.4) is 0 Å². The van der Waals surface area contributed by atoms with Gasteiger partial charge in [-0.2, -0.15) is 0 Å². The normalized spacial score (nSPS) is 19.5. The van der Waals surface area contributed by atoms with E-state index in [-0.39, 0.29) is 18.7 Å². The van der Waals surface area contributed by atoms with Gasteiger partial charge in [-0.15, -0.1) is 0 Å². The number of amides is 1. The number of fused-ring (bicyclic) bond motifs is 1. The van der Waals surface area contributed by atoms with Gasteiger partial charge >= 0.3 is 0 Å². The first kappa shape index (κ1) is 20.2. The first-order valence-corrected chi connectivity index (χ1v) is 11.1. The summed E-state index contributed by atoms with van der Waals surface area (Å²) in [6, 6.07) is 9.83. The highest BCUT2D eigenvalue weighted by molar-refractivity contribution is 5.91. The largest absolute Gasteiger partial charge is 0.459 e. The lowest BCUT2D eigenvalue weighted by atomic mass is 10.0. The maximum Gasteiger partial charge on any atom is 0.289 e. The summed E-state index contributed by atoms with van der Waals surface area (Å²) in [5.41, 5.74) is 1.14. The molecule has 2 fully saturated rings. The molecule has 0 unspecified atom stereocenters. The molecule has 0 spiro atoms. The van der Waals surface area contributed by atoms with E-state index in [1.807, 2.05) is 17.0 Å². The maximum atomic E-state index is 13.2. The van der Waals surface area contributed by atoms with Crippen LogP contribution < -0.4 is 14.4 Å². The van der Waals surface area contributed by atoms with Gasteiger partial charge in [-0.25, -0.2) is 0 Å². The molecule has 0 aliphatic carbocycles. The van der Waals surface area contributed by atoms with Crippen LogP contribution in [-0.2, 0) is 4.74 Å². The van der Waals surface area contributed by atoms with E-state index >= 15 is 0 Å². The quantitative estimate of drug-likeness (QED) is 0.702. The van der Waals surface area contributed by atoms with Crippen LogP contribution in [0.2, 0.25) is 0 Å². The SMILES string of the molecule is O=C(c1ccco1)N(CCN1CCOCC1)C1CCN(c2ccc3c(c2)OCO3)CC1. The Bertz CT molecular complexity index is 873. The summed E-state index contributed by atoms with van der Waals surface area (Å²) in [4.78, 5) is 19.9. The average molecular weight is 428 g/mol. The van der Waals surface area contributed by atoms with Crippen molar-refractivity contribution in [3.63, 3.8) is 0 Å². The maximum absolute atomic E-state index is 13.2. The van der Waals surface area contributed by atoms with Crippen molar-refractivity contribution in [2.45, 2.75) is 18.9 Å². The van der Waals surface area contributed by atoms with Crippen LogP contribution in [0.4, 0.5) is 5.69 Å². The molecule has 8 heteroatoms. The Morgan fingerprint density at radius 1 is 1.03 bits per heavy atom. The molecule has 1 amide bonds. The van der Waals surface area contributed by atoms with Gasteiger partial charge in [0.05, 0.1) is 19.5 Å². The fraction of sp³-hybridized carbons (Fsp3) is 0.522. The fourth-order valence-electron chi connectivity index (χ4n) is 4.58. The molecule has 2 aromatic rings. The van der Waals surface area contributed by atoms with E-state index in [1.165, 1.54) is 0 Å². The van der Waals surface area contributed by atoms with Crippen molar-refractivity contribution in [3.05, 3.63) is 42.4 Å². The zero-order valence-corrected chi connectivity index (χ0v) is 17.7. The summed E-state index contributed by atoms with van der Waals surface area (Å²) in [6.07, 6.45) is 3.41. The molecule has 0 radical (unpaired) electrons. The van der Waals surface area contributed by atoms with Crippen LogP contribution >= 0.6 is 0 Å². The number of carbonyl (C=O) groups is 1. The van der Waals surface area contributed by atoms with Crippen LogP contribution in [0.15, 0.2) is 41.0 Å². The third kappa shape index (κ3) is 4.50. The minimum atomic E-state index is -0.0141. The van der Waals surface area contributed by atoms with Crippen molar-refractivity contribution in [2.24, 2.45) is 0 Å². The van der Waals surface area contributed by atoms with E-state index in [1.54, 1.807) is 18.4 Å². The molecular weight excluding hydrogens is 398 g/mol. The summed E-state index contributed by atoms with van der Waals surface area (Å²) in [5.74, 6) is 2.01. The minimum absolute atomic E-state index is 0.0141. The molecule has 0 saturated carbocycles. The number of morpholine rings is 1. The second kappa shape index (κ2) is 9.20. The van der Waals surface area contributed by atoms with Crippen molar-refractivity contribution in [3.8, 4) is 11.5 Å². The van der Waals surface area contributed by atoms with Gasteiger partial charge in [0.15, 0.2) is 17.3 Å². The summed E-state index contributed by atoms with van der Waals surface area (Å²) in [6.45, 7) is 7.00. The van der Waals surface area contributed by atoms with E-state index in [9.17, 15) is 4.79 Å². The van der Waals surface area contributed by atoms with Crippen molar-refractivity contribution in [1.82, 2.24) is 9.80 Å². The lowest BCUT2D eigenvalue weighted by molar-refractivity contribution is 0.0279. The summed E-state index contributed by atoms with van der Waals surface area (Å²) in [7, 11) is 0. The first-order valence-electron chi connectivity index (χ1n) is 11.1. The predicted molar refractivity (Wildman–Crippen MR) is 115 cm³/mol. The Hall–Kier alpha value is -2.71. The Morgan fingerprint density at radius 2 is 1.84 bits per heavy atom. The van der Waals surface area contributed by atoms with Crippen LogP contribution in [0.1, 0.15) is 23.4 Å². The van der Waals surface area contributed by atoms with E-state index in [0.29, 0.717) is 12.3 Å². The van der Waals surface area contributed by atoms with Crippen LogP contribution in [0.5, 0.6) is 11.5 Å². The van der Waals surface area contributed by atoms with Gasteiger partial charge in [0.2, 0.25) is 6.79 Å². The smallest absolute Gasteiger partial charge is 0.289 e. The number of rotatable bonds is 6. The Labute approximate surface area is 182 Å². The number of hydrogen-bond acceptors (Lipinski definition) is 7. The fourth-order valence-corrected chi connectivity index (χ4v) is 4.58. The van der Waals surface area contributed by atoms with Gasteiger partial charge in [0.1, 0.15) is 0 Å². The van der Waals surface area contributed by atoms with Gasteiger partial charge in [0, 0.05) is 57.1 Å². The molecule has 166 valence electrons. The van der Waals surface area contributed by atoms with Crippen molar-refractivity contribution in [2.75, 3.05) is 64.2 Å². The highest BCUT2D eigenvalue weighted by Gasteiger charge is 2.30. The van der Waals surface area contributed by atoms with Crippen LogP contribution in [-0.4, -0.2) is 81.0 Å². The second-order valence-electron chi connectivity index (χ2n) is 8.19. The summed E-state index contributed by atoms with van der Waals surface area (Å²) < 4.78 is 21.8. The number of furan rings is 1. The monoisotopic (exact) mass is 427 g/mol. The number of carbonyl (C=O) groups excluding carboxylic acids is 1. The van der Waals surface area contributed by atoms with E-state index in [0.717, 1.165) is 76.0 Å². The highest BCUT2D eigenvalue weighted by atomic mass is 16.7. The Balaban J connectivity index is 1.24. The van der Waals surface area contributed by atoms with E-state index in [4.69, 9.17) is 18.6 Å². The molecule has 31 heavy (non-hydrogen) atoms. The van der Waals surface area contributed by atoms with Gasteiger partial charge in [-0.05, 0) is 37.1 Å². The zero-order valence-electron chi connectivity index (χ0n) is 17.7. The molecule has 0 N–H and O–H groups in total. The Morgan fingerprint density at radius 3 is 2.61 bits per heavy atom. The molecule has 1 aromatic carbocycles. The average Bonchev–Trinajstić information content (AvgIpc) is 3.52. The summed E-state index contributed by atoms with van der Waals surface area (Å²) >= 11 is 0. The van der Waals surface area contributed by atoms with Crippen molar-refractivity contribution < 1.29 is 23.4 Å². The van der Waals surface area contributed by atoms with Gasteiger partial charge in [-0.1, -0.05) is 0 Å². The number of nitrogens with zero attached hydrogens (tertiary/aromatic N) is 3. The molecule has 4 heterocycles. The summed E-state index contributed by atoms with van der Waals surface area (Å²) in [5, 5.41) is 0. The number of piperidine rings is 1. The molecule has 3 aliphatic heterocycles. The van der Waals surface area contributed by atoms with Gasteiger partial charge in [-0.3, -0.25) is 9.69 Å². The van der Waals surface area contributed by atoms with Crippen molar-refractivity contribution >= 4 is 11.6 Å². The number of hydrogen-bond donors (Lipinski definition) is 0. The van der Waals surface area contributed by atoms with E-state index < -0.39 is 0 Å². The number of ether oxygens (including phenoxy) is 3. The Kier molecular flexibility index (Phi) is 5.99. The second-order valence-corrected chi connectivity index (χ2v) is 8.19.